The van der Waals surface area contributed by atoms with E-state index in [1.54, 1.807) is 6.92 Å². The molecule has 30 nitrogen and oxygen atoms in total. The second-order valence-electron chi connectivity index (χ2n) is 31.1. The van der Waals surface area contributed by atoms with E-state index in [1.807, 2.05) is 6.92 Å². The zero-order valence-corrected chi connectivity index (χ0v) is 56.9. The van der Waals surface area contributed by atoms with Crippen LogP contribution in [-0.4, -0.2) is 286 Å². The van der Waals surface area contributed by atoms with Crippen LogP contribution in [0.1, 0.15) is 134 Å². The summed E-state index contributed by atoms with van der Waals surface area (Å²) in [5.74, 6) is -3.74. The third-order valence-electron chi connectivity index (χ3n) is 24.4. The van der Waals surface area contributed by atoms with Gasteiger partial charge in [0.15, 0.2) is 37.4 Å². The smallest absolute Gasteiger partial charge is 0.330 e. The molecule has 5 aliphatic carbocycles. The zero-order valence-electron chi connectivity index (χ0n) is 56.9. The third kappa shape index (κ3) is 13.6. The molecule has 0 radical (unpaired) electrons. The molecule has 36 atom stereocenters. The SMILES string of the molecule is C/C=C/C(=O)OC(C)CC(=O)O[C@@H]1[C@H](O)[C@@H](O[C@@H]2O[C@@H](C)[C@H](O[C@@H]3OC[C@@H](O)[C@H](O[C@@H]4O[C@@H](C)[C@H](O)[C@@H](O)[C@H]4O)[C@H]3O)[C@@H](O)[C@H]2O)[C@H](OC(=O)[C@]23CCC(C)(C)C[C@H]2C2=CC[C@@H]4[C@@]5(C)C[C@H](O)[C@H](O[C@@H]6O[C@H](CO)[C@@H](O)[C@H](O)[C@H]6O)[C@@](C)(CO)[C@@H]5CC[C@@]4(C)[C@]2(C)C[C@H]3O)O[C@@H]1C. The predicted octanol–water partition coefficient (Wildman–Crippen LogP) is -2.13. The highest BCUT2D eigenvalue weighted by atomic mass is 16.8. The fourth-order valence-electron chi connectivity index (χ4n) is 18.8. The molecule has 5 heterocycles. The normalized spacial score (nSPS) is 51.7. The molecule has 0 aromatic heterocycles. The summed E-state index contributed by atoms with van der Waals surface area (Å²) in [5.41, 5.74) is -4.40. The van der Waals surface area contributed by atoms with E-state index in [0.29, 0.717) is 32.1 Å². The number of ether oxygens (including phenoxy) is 12. The molecular formula is C67H106O30. The van der Waals surface area contributed by atoms with Crippen LogP contribution in [0.25, 0.3) is 0 Å². The minimum absolute atomic E-state index is 0.0665. The number of hydrogen-bond acceptors (Lipinski definition) is 30. The number of carbonyl (C=O) groups excluding carboxylic acids is 3. The van der Waals surface area contributed by atoms with Gasteiger partial charge in [-0.15, -0.1) is 0 Å². The van der Waals surface area contributed by atoms with Gasteiger partial charge in [-0.1, -0.05) is 59.3 Å². The number of allylic oxidation sites excluding steroid dienone is 3. The first-order valence-corrected chi connectivity index (χ1v) is 34.2. The second-order valence-corrected chi connectivity index (χ2v) is 31.1. The van der Waals surface area contributed by atoms with Crippen LogP contribution < -0.4 is 0 Å². The zero-order chi connectivity index (χ0) is 71.3. The monoisotopic (exact) mass is 1390 g/mol. The molecule has 0 bridgehead atoms. The van der Waals surface area contributed by atoms with Crippen molar-refractivity contribution in [1.82, 2.24) is 0 Å². The van der Waals surface area contributed by atoms with E-state index < -0.39 is 249 Å². The summed E-state index contributed by atoms with van der Waals surface area (Å²) in [7, 11) is 0. The molecule has 97 heavy (non-hydrogen) atoms. The van der Waals surface area contributed by atoms with Crippen LogP contribution in [0.2, 0.25) is 0 Å². The number of rotatable bonds is 17. The standard InChI is InChI=1S/C67H106O30/c1-12-13-39(73)87-27(2)20-40(74)92-52-30(5)90-60(54(49(52)83)95-58-48(82)45(79)51(29(4)89-58)93-56-50(84)53(34(71)25-86-56)94-57-46(80)43(77)41(75)28(3)88-57)97-61(85)67-19-18-62(6,7)21-32(67)31-14-15-37-63(8)22-33(70)55(96-59-47(81)44(78)42(76)35(24-68)91-59)64(9,26-69)36(63)16-17-65(37,10)66(31,11)23-38(67)72/h12-14,27-30,32-38,41-60,68-72,75-84H,15-26H2,1-11H3/b13-12+/t27?,28-,29-,30+,32-,33-,34+,35+,36+,37+,38+,41-,42+,43+,44-,45-,46+,47+,48+,49-,50+,51-,52-,53-,54+,55-,56-,57-,58-,59-,60-,63-,64-,65+,66+,67+/m0/s1. The Morgan fingerprint density at radius 3 is 1.85 bits per heavy atom. The highest BCUT2D eigenvalue weighted by molar-refractivity contribution is 5.82. The highest BCUT2D eigenvalue weighted by Crippen LogP contribution is 2.76. The fourth-order valence-corrected chi connectivity index (χ4v) is 18.8. The van der Waals surface area contributed by atoms with Crippen molar-refractivity contribution in [3.05, 3.63) is 23.8 Å². The number of esters is 3. The number of carbonyl (C=O) groups is 3. The molecule has 15 N–H and O–H groups in total. The number of aliphatic hydroxyl groups is 15. The van der Waals surface area contributed by atoms with E-state index >= 15 is 4.79 Å². The van der Waals surface area contributed by atoms with Gasteiger partial charge in [-0.05, 0) is 125 Å². The van der Waals surface area contributed by atoms with Gasteiger partial charge in [0, 0.05) is 11.5 Å². The number of aliphatic hydroxyl groups excluding tert-OH is 15. The Bertz CT molecular complexity index is 2830. The molecule has 9 fully saturated rings. The first kappa shape index (κ1) is 76.6. The van der Waals surface area contributed by atoms with Crippen LogP contribution in [0.5, 0.6) is 0 Å². The molecule has 30 heteroatoms. The van der Waals surface area contributed by atoms with Crippen molar-refractivity contribution in [2.75, 3.05) is 19.8 Å². The molecule has 0 amide bonds. The maximum atomic E-state index is 15.9. The van der Waals surface area contributed by atoms with Crippen LogP contribution in [0.4, 0.5) is 0 Å². The Labute approximate surface area is 563 Å². The molecule has 10 aliphatic rings. The quantitative estimate of drug-likeness (QED) is 0.0243. The van der Waals surface area contributed by atoms with Gasteiger partial charge in [0.05, 0.1) is 62.9 Å². The summed E-state index contributed by atoms with van der Waals surface area (Å²) in [6, 6.07) is 0. The summed E-state index contributed by atoms with van der Waals surface area (Å²) >= 11 is 0. The molecular weight excluding hydrogens is 1280 g/mol. The Hall–Kier alpha value is -3.07. The Balaban J connectivity index is 0.908. The minimum Gasteiger partial charge on any atom is -0.459 e. The molecule has 4 saturated carbocycles. The molecule has 5 aliphatic heterocycles. The molecule has 0 aromatic rings. The average molecular weight is 1390 g/mol. The lowest BCUT2D eigenvalue weighted by molar-refractivity contribution is -0.380. The minimum atomic E-state index is -2.08. The van der Waals surface area contributed by atoms with Crippen LogP contribution in [0.15, 0.2) is 23.8 Å². The van der Waals surface area contributed by atoms with E-state index in [9.17, 15) is 86.2 Å². The molecule has 5 saturated heterocycles. The lowest BCUT2D eigenvalue weighted by Crippen LogP contribution is -2.70. The van der Waals surface area contributed by atoms with Gasteiger partial charge < -0.3 is 133 Å². The van der Waals surface area contributed by atoms with Gasteiger partial charge in [0.1, 0.15) is 97.0 Å². The van der Waals surface area contributed by atoms with Crippen LogP contribution in [-0.2, 0) is 71.2 Å². The second kappa shape index (κ2) is 28.9. The first-order chi connectivity index (χ1) is 45.4. The maximum Gasteiger partial charge on any atom is 0.330 e. The summed E-state index contributed by atoms with van der Waals surface area (Å²) < 4.78 is 71.4. The highest BCUT2D eigenvalue weighted by Gasteiger charge is 2.73. The molecule has 554 valence electrons. The van der Waals surface area contributed by atoms with Gasteiger partial charge in [0.2, 0.25) is 6.29 Å². The van der Waals surface area contributed by atoms with E-state index in [2.05, 4.69) is 40.7 Å². The third-order valence-corrected chi connectivity index (χ3v) is 24.4. The lowest BCUT2D eigenvalue weighted by atomic mass is 9.33. The van der Waals surface area contributed by atoms with Crippen molar-refractivity contribution in [2.24, 2.45) is 50.2 Å². The summed E-state index contributed by atoms with van der Waals surface area (Å²) in [6.07, 6.45) is -37.6. The Kier molecular flexibility index (Phi) is 22.8. The van der Waals surface area contributed by atoms with Gasteiger partial charge in [-0.25, -0.2) is 4.79 Å². The summed E-state index contributed by atoms with van der Waals surface area (Å²) in [4.78, 5) is 41.8. The van der Waals surface area contributed by atoms with Crippen molar-refractivity contribution in [2.45, 2.75) is 306 Å². The van der Waals surface area contributed by atoms with Gasteiger partial charge in [-0.3, -0.25) is 9.59 Å². The Morgan fingerprint density at radius 1 is 0.598 bits per heavy atom. The largest absolute Gasteiger partial charge is 0.459 e. The topological polar surface area (TPSA) is 465 Å². The molecule has 0 aromatic carbocycles. The van der Waals surface area contributed by atoms with Crippen LogP contribution >= 0.6 is 0 Å². The van der Waals surface area contributed by atoms with Crippen molar-refractivity contribution in [3.8, 4) is 0 Å². The van der Waals surface area contributed by atoms with Crippen molar-refractivity contribution in [1.29, 1.82) is 0 Å². The lowest BCUT2D eigenvalue weighted by Gasteiger charge is -2.72. The van der Waals surface area contributed by atoms with Gasteiger partial charge >= 0.3 is 17.9 Å². The summed E-state index contributed by atoms with van der Waals surface area (Å²) in [5, 5.41) is 169. The van der Waals surface area contributed by atoms with E-state index in [4.69, 9.17) is 56.8 Å². The van der Waals surface area contributed by atoms with Crippen LogP contribution in [0.3, 0.4) is 0 Å². The van der Waals surface area contributed by atoms with E-state index in [1.165, 1.54) is 33.8 Å². The Morgan fingerprint density at radius 2 is 1.20 bits per heavy atom. The first-order valence-electron chi connectivity index (χ1n) is 34.2. The van der Waals surface area contributed by atoms with Crippen molar-refractivity contribution < 1.29 is 148 Å². The molecule has 0 spiro atoms. The number of hydrogen-bond donors (Lipinski definition) is 15. The summed E-state index contributed by atoms with van der Waals surface area (Å²) in [6.45, 7) is 18.0. The predicted molar refractivity (Wildman–Crippen MR) is 328 cm³/mol. The maximum absolute atomic E-state index is 15.9. The van der Waals surface area contributed by atoms with Gasteiger partial charge in [-0.2, -0.15) is 0 Å². The van der Waals surface area contributed by atoms with E-state index in [0.717, 1.165) is 11.6 Å². The number of fused-ring (bicyclic) bond motifs is 7. The van der Waals surface area contributed by atoms with Gasteiger partial charge in [0.25, 0.3) is 0 Å². The van der Waals surface area contributed by atoms with Crippen molar-refractivity contribution >= 4 is 17.9 Å². The van der Waals surface area contributed by atoms with E-state index in [-0.39, 0.29) is 36.5 Å². The fraction of sp³-hybridized carbons (Fsp3) is 0.896. The van der Waals surface area contributed by atoms with Crippen LogP contribution in [0, 0.1) is 50.2 Å². The van der Waals surface area contributed by atoms with Crippen molar-refractivity contribution in [3.63, 3.8) is 0 Å². The average Bonchev–Trinajstić information content (AvgIpc) is 0.670. The molecule has 1 unspecified atom stereocenters. The molecule has 10 rings (SSSR count).